The van der Waals surface area contributed by atoms with Crippen LogP contribution in [0.4, 0.5) is 21.9 Å². The molecular formula is C25H22N4O3. The van der Waals surface area contributed by atoms with E-state index in [1.165, 1.54) is 4.90 Å². The van der Waals surface area contributed by atoms with Crippen LogP contribution in [0.25, 0.3) is 5.70 Å². The van der Waals surface area contributed by atoms with Crippen molar-refractivity contribution in [1.29, 1.82) is 0 Å². The maximum absolute atomic E-state index is 12.7. The summed E-state index contributed by atoms with van der Waals surface area (Å²) in [6.45, 7) is 5.65. The number of nitrogens with one attached hydrogen (secondary N) is 3. The van der Waals surface area contributed by atoms with Gasteiger partial charge < -0.3 is 16.0 Å². The molecule has 3 N–H and O–H groups in total. The van der Waals surface area contributed by atoms with Crippen LogP contribution in [0.5, 0.6) is 0 Å². The van der Waals surface area contributed by atoms with Gasteiger partial charge in [-0.05, 0) is 42.8 Å². The number of rotatable bonds is 5. The molecule has 0 atom stereocenters. The molecule has 0 aromatic heterocycles. The van der Waals surface area contributed by atoms with E-state index in [0.29, 0.717) is 28.3 Å². The summed E-state index contributed by atoms with van der Waals surface area (Å²) in [4.78, 5) is 38.9. The van der Waals surface area contributed by atoms with Gasteiger partial charge in [0.15, 0.2) is 0 Å². The highest BCUT2D eigenvalue weighted by molar-refractivity contribution is 6.11. The average Bonchev–Trinajstić information content (AvgIpc) is 3.02. The first kappa shape index (κ1) is 20.9. The van der Waals surface area contributed by atoms with Crippen molar-refractivity contribution < 1.29 is 14.4 Å². The summed E-state index contributed by atoms with van der Waals surface area (Å²) in [6, 6.07) is 21.1. The summed E-state index contributed by atoms with van der Waals surface area (Å²) in [5.41, 5.74) is 4.33. The second-order valence-electron chi connectivity index (χ2n) is 7.41. The van der Waals surface area contributed by atoms with E-state index in [4.69, 9.17) is 0 Å². The predicted molar refractivity (Wildman–Crippen MR) is 125 cm³/mol. The number of hydrogen-bond donors (Lipinski definition) is 3. The summed E-state index contributed by atoms with van der Waals surface area (Å²) in [7, 11) is 0. The molecule has 7 heteroatoms. The molecule has 0 unspecified atom stereocenters. The Kier molecular flexibility index (Phi) is 5.72. The van der Waals surface area contributed by atoms with E-state index < -0.39 is 6.03 Å². The molecule has 0 saturated heterocycles. The van der Waals surface area contributed by atoms with Crippen molar-refractivity contribution in [2.24, 2.45) is 0 Å². The monoisotopic (exact) mass is 426 g/mol. The molecule has 0 fully saturated rings. The lowest BCUT2D eigenvalue weighted by Gasteiger charge is -2.18. The van der Waals surface area contributed by atoms with Crippen LogP contribution in [0.2, 0.25) is 0 Å². The number of amides is 4. The Bertz CT molecular complexity index is 1190. The molecule has 32 heavy (non-hydrogen) atoms. The molecule has 4 rings (SSSR count). The van der Waals surface area contributed by atoms with Gasteiger partial charge in [0.2, 0.25) is 5.91 Å². The minimum Gasteiger partial charge on any atom is -0.324 e. The van der Waals surface area contributed by atoms with Crippen molar-refractivity contribution in [3.63, 3.8) is 0 Å². The molecule has 1 heterocycles. The zero-order valence-electron chi connectivity index (χ0n) is 17.5. The van der Waals surface area contributed by atoms with E-state index in [-0.39, 0.29) is 18.4 Å². The highest BCUT2D eigenvalue weighted by Crippen LogP contribution is 2.31. The topological polar surface area (TPSA) is 90.5 Å². The number of benzene rings is 3. The number of urea groups is 1. The van der Waals surface area contributed by atoms with Gasteiger partial charge in [-0.1, -0.05) is 49.0 Å². The third-order valence-electron chi connectivity index (χ3n) is 5.14. The largest absolute Gasteiger partial charge is 0.324 e. The van der Waals surface area contributed by atoms with Gasteiger partial charge in [0.25, 0.3) is 5.91 Å². The van der Waals surface area contributed by atoms with Crippen LogP contribution in [0.15, 0.2) is 79.4 Å². The van der Waals surface area contributed by atoms with Crippen LogP contribution >= 0.6 is 0 Å². The van der Waals surface area contributed by atoms with E-state index in [2.05, 4.69) is 22.5 Å². The fraction of sp³-hybridized carbons (Fsp3) is 0.0800. The first-order valence-electron chi connectivity index (χ1n) is 10.1. The van der Waals surface area contributed by atoms with Crippen LogP contribution in [-0.4, -0.2) is 29.3 Å². The van der Waals surface area contributed by atoms with Gasteiger partial charge in [0.1, 0.15) is 6.54 Å². The van der Waals surface area contributed by atoms with Gasteiger partial charge in [0.05, 0.1) is 0 Å². The normalized spacial score (nSPS) is 12.3. The fourth-order valence-electron chi connectivity index (χ4n) is 3.48. The van der Waals surface area contributed by atoms with Gasteiger partial charge in [0, 0.05) is 33.9 Å². The number of carbonyl (C=O) groups is 3. The van der Waals surface area contributed by atoms with Crippen molar-refractivity contribution in [2.45, 2.75) is 6.92 Å². The molecule has 0 bridgehead atoms. The van der Waals surface area contributed by atoms with E-state index in [9.17, 15) is 14.4 Å². The smallest absolute Gasteiger partial charge is 0.323 e. The van der Waals surface area contributed by atoms with Crippen LogP contribution in [0.3, 0.4) is 0 Å². The van der Waals surface area contributed by atoms with Gasteiger partial charge in [-0.2, -0.15) is 0 Å². The molecule has 3 aromatic rings. The number of nitrogens with zero attached hydrogens (tertiary/aromatic N) is 1. The third kappa shape index (κ3) is 4.37. The Morgan fingerprint density at radius 3 is 2.22 bits per heavy atom. The van der Waals surface area contributed by atoms with Crippen molar-refractivity contribution in [3.05, 3.63) is 96.1 Å². The summed E-state index contributed by atoms with van der Waals surface area (Å²) in [5.74, 6) is -0.605. The molecule has 3 aromatic carbocycles. The van der Waals surface area contributed by atoms with Crippen LogP contribution in [-0.2, 0) is 4.79 Å². The molecule has 160 valence electrons. The first-order chi connectivity index (χ1) is 15.4. The minimum absolute atomic E-state index is 0.155. The minimum atomic E-state index is -0.394. The maximum atomic E-state index is 12.7. The van der Waals surface area contributed by atoms with Gasteiger partial charge >= 0.3 is 6.03 Å². The van der Waals surface area contributed by atoms with Crippen molar-refractivity contribution in [2.75, 3.05) is 22.5 Å². The number of aryl methyl sites for hydroxylation is 1. The van der Waals surface area contributed by atoms with Crippen molar-refractivity contribution in [3.8, 4) is 0 Å². The molecule has 4 amide bonds. The fourth-order valence-corrected chi connectivity index (χ4v) is 3.48. The summed E-state index contributed by atoms with van der Waals surface area (Å²) < 4.78 is 0. The van der Waals surface area contributed by atoms with Gasteiger partial charge in [-0.25, -0.2) is 4.79 Å². The van der Waals surface area contributed by atoms with Gasteiger partial charge in [-0.15, -0.1) is 0 Å². The lowest BCUT2D eigenvalue weighted by atomic mass is 10.1. The Balaban J connectivity index is 1.41. The predicted octanol–water partition coefficient (Wildman–Crippen LogP) is 4.70. The molecule has 0 radical (unpaired) electrons. The summed E-state index contributed by atoms with van der Waals surface area (Å²) in [6.07, 6.45) is 0. The molecular weight excluding hydrogens is 404 g/mol. The Morgan fingerprint density at radius 1 is 0.844 bits per heavy atom. The zero-order chi connectivity index (χ0) is 22.7. The first-order valence-corrected chi connectivity index (χ1v) is 10.1. The van der Waals surface area contributed by atoms with Crippen LogP contribution in [0.1, 0.15) is 21.5 Å². The lowest BCUT2D eigenvalue weighted by Crippen LogP contribution is -2.32. The Morgan fingerprint density at radius 2 is 1.50 bits per heavy atom. The second kappa shape index (κ2) is 8.77. The van der Waals surface area contributed by atoms with E-state index in [0.717, 1.165) is 11.1 Å². The third-order valence-corrected chi connectivity index (χ3v) is 5.14. The molecule has 0 spiro atoms. The molecule has 0 aliphatic carbocycles. The Hall–Kier alpha value is -4.39. The highest BCUT2D eigenvalue weighted by Gasteiger charge is 2.31. The SMILES string of the molecule is C=C1c2ccccc2C(=O)N1CC(=O)Nc1cc(NC(=O)Nc2ccccc2)ccc1C. The Labute approximate surface area is 185 Å². The standard InChI is InChI=1S/C25H22N4O3/c1-16-12-13-19(27-25(32)26-18-8-4-3-5-9-18)14-22(16)28-23(30)15-29-17(2)20-10-6-7-11-21(20)24(29)31/h3-14H,2,15H2,1H3,(H,28,30)(H2,26,27,32). The summed E-state index contributed by atoms with van der Waals surface area (Å²) >= 11 is 0. The quantitative estimate of drug-likeness (QED) is 0.552. The van der Waals surface area contributed by atoms with E-state index in [1.807, 2.05) is 37.3 Å². The average molecular weight is 426 g/mol. The second-order valence-corrected chi connectivity index (χ2v) is 7.41. The maximum Gasteiger partial charge on any atom is 0.323 e. The van der Waals surface area contributed by atoms with E-state index >= 15 is 0 Å². The summed E-state index contributed by atoms with van der Waals surface area (Å²) in [5, 5.41) is 8.31. The number of fused-ring (bicyclic) bond motifs is 1. The zero-order valence-corrected chi connectivity index (χ0v) is 17.5. The number of carbonyl (C=O) groups excluding carboxylic acids is 3. The molecule has 1 aliphatic heterocycles. The van der Waals surface area contributed by atoms with Crippen LogP contribution in [0, 0.1) is 6.92 Å². The molecule has 1 aliphatic rings. The van der Waals surface area contributed by atoms with Crippen molar-refractivity contribution in [1.82, 2.24) is 4.90 Å². The lowest BCUT2D eigenvalue weighted by molar-refractivity contribution is -0.116. The van der Waals surface area contributed by atoms with Gasteiger partial charge in [-0.3, -0.25) is 14.5 Å². The number of anilines is 3. The number of hydrogen-bond acceptors (Lipinski definition) is 3. The van der Waals surface area contributed by atoms with E-state index in [1.54, 1.807) is 42.5 Å². The van der Waals surface area contributed by atoms with Crippen LogP contribution < -0.4 is 16.0 Å². The highest BCUT2D eigenvalue weighted by atomic mass is 16.2. The number of para-hydroxylation sites is 1. The molecule has 0 saturated carbocycles. The van der Waals surface area contributed by atoms with Crippen molar-refractivity contribution >= 4 is 40.6 Å². The molecule has 7 nitrogen and oxygen atoms in total.